The van der Waals surface area contributed by atoms with Gasteiger partial charge in [-0.15, -0.1) is 0 Å². The Labute approximate surface area is 112 Å². The van der Waals surface area contributed by atoms with Crippen LogP contribution >= 0.6 is 0 Å². The first-order valence-electron chi connectivity index (χ1n) is 6.59. The molecule has 2 heterocycles. The van der Waals surface area contributed by atoms with Crippen molar-refractivity contribution in [2.24, 2.45) is 0 Å². The molecule has 6 heteroatoms. The number of likely N-dealkylation sites (tertiary alicyclic amines) is 1. The largest absolute Gasteiger partial charge is 0.371 e. The van der Waals surface area contributed by atoms with E-state index in [0.29, 0.717) is 32.5 Å². The molecule has 0 N–H and O–H groups in total. The molecule has 1 saturated heterocycles. The summed E-state index contributed by atoms with van der Waals surface area (Å²) in [5, 5.41) is 0. The van der Waals surface area contributed by atoms with Gasteiger partial charge in [-0.1, -0.05) is 0 Å². The maximum atomic E-state index is 11.5. The second kappa shape index (κ2) is 5.97. The lowest BCUT2D eigenvalue weighted by Gasteiger charge is -2.17. The molecule has 1 fully saturated rings. The number of ether oxygens (including phenoxy) is 1. The van der Waals surface area contributed by atoms with Crippen LogP contribution in [0.1, 0.15) is 38.6 Å². The number of hydrogen-bond acceptors (Lipinski definition) is 4. The van der Waals surface area contributed by atoms with Gasteiger partial charge in [0.05, 0.1) is 0 Å². The molecule has 2 amide bonds. The standard InChI is InChI=1S/C13H19N3O3/c1-3-19-10(2)13-14-6-7-15(13)8-9-16-11(17)4-5-12(16)18/h6-7,10H,3-5,8-9H2,1-2H3. The molecule has 1 unspecified atom stereocenters. The maximum absolute atomic E-state index is 11.5. The van der Waals surface area contributed by atoms with Crippen LogP contribution in [0.5, 0.6) is 0 Å². The summed E-state index contributed by atoms with van der Waals surface area (Å²) in [6.07, 6.45) is 4.13. The summed E-state index contributed by atoms with van der Waals surface area (Å²) < 4.78 is 7.44. The average Bonchev–Trinajstić information content (AvgIpc) is 2.96. The molecule has 0 spiro atoms. The van der Waals surface area contributed by atoms with Crippen molar-refractivity contribution in [2.75, 3.05) is 13.2 Å². The molecule has 6 nitrogen and oxygen atoms in total. The summed E-state index contributed by atoms with van der Waals surface area (Å²) in [5.41, 5.74) is 0. The van der Waals surface area contributed by atoms with Crippen molar-refractivity contribution in [1.29, 1.82) is 0 Å². The summed E-state index contributed by atoms with van der Waals surface area (Å²) >= 11 is 0. The summed E-state index contributed by atoms with van der Waals surface area (Å²) in [4.78, 5) is 28.6. The Balaban J connectivity index is 1.98. The highest BCUT2D eigenvalue weighted by Gasteiger charge is 2.28. The zero-order valence-corrected chi connectivity index (χ0v) is 11.3. The molecular weight excluding hydrogens is 246 g/mol. The molecule has 19 heavy (non-hydrogen) atoms. The molecule has 0 saturated carbocycles. The van der Waals surface area contributed by atoms with Crippen LogP contribution in [0.4, 0.5) is 0 Å². The topological polar surface area (TPSA) is 64.4 Å². The van der Waals surface area contributed by atoms with Gasteiger partial charge in [-0.05, 0) is 13.8 Å². The van der Waals surface area contributed by atoms with Gasteiger partial charge in [-0.3, -0.25) is 14.5 Å². The lowest BCUT2D eigenvalue weighted by Crippen LogP contribution is -2.32. The van der Waals surface area contributed by atoms with Crippen LogP contribution in [0.25, 0.3) is 0 Å². The molecule has 0 aromatic carbocycles. The van der Waals surface area contributed by atoms with E-state index in [-0.39, 0.29) is 17.9 Å². The SMILES string of the molecule is CCOC(C)c1nccn1CCN1C(=O)CCC1=O. The Hall–Kier alpha value is -1.69. The van der Waals surface area contributed by atoms with Crippen molar-refractivity contribution in [1.82, 2.24) is 14.5 Å². The van der Waals surface area contributed by atoms with E-state index in [1.165, 1.54) is 4.90 Å². The lowest BCUT2D eigenvalue weighted by molar-refractivity contribution is -0.138. The van der Waals surface area contributed by atoms with Crippen LogP contribution in [0, 0.1) is 0 Å². The highest BCUT2D eigenvalue weighted by Crippen LogP contribution is 2.16. The molecule has 1 atom stereocenters. The number of imide groups is 1. The highest BCUT2D eigenvalue weighted by atomic mass is 16.5. The quantitative estimate of drug-likeness (QED) is 0.723. The number of nitrogens with zero attached hydrogens (tertiary/aromatic N) is 3. The van der Waals surface area contributed by atoms with Crippen LogP contribution in [0.3, 0.4) is 0 Å². The third kappa shape index (κ3) is 3.01. The van der Waals surface area contributed by atoms with Crippen LogP contribution in [-0.4, -0.2) is 39.4 Å². The fourth-order valence-corrected chi connectivity index (χ4v) is 2.27. The van der Waals surface area contributed by atoms with Gasteiger partial charge in [0, 0.05) is 44.9 Å². The van der Waals surface area contributed by atoms with Gasteiger partial charge in [-0.2, -0.15) is 0 Å². The van der Waals surface area contributed by atoms with Crippen molar-refractivity contribution in [3.05, 3.63) is 18.2 Å². The first-order chi connectivity index (χ1) is 9.13. The van der Waals surface area contributed by atoms with Gasteiger partial charge in [0.2, 0.25) is 11.8 Å². The smallest absolute Gasteiger partial charge is 0.229 e. The number of aromatic nitrogens is 2. The van der Waals surface area contributed by atoms with Crippen molar-refractivity contribution in [3.8, 4) is 0 Å². The first kappa shape index (κ1) is 13.7. The molecular formula is C13H19N3O3. The fraction of sp³-hybridized carbons (Fsp3) is 0.615. The molecule has 1 aliphatic heterocycles. The van der Waals surface area contributed by atoms with Gasteiger partial charge in [-0.25, -0.2) is 4.98 Å². The Morgan fingerprint density at radius 1 is 1.32 bits per heavy atom. The minimum Gasteiger partial charge on any atom is -0.371 e. The Bertz CT molecular complexity index is 453. The molecule has 2 rings (SSSR count). The summed E-state index contributed by atoms with van der Waals surface area (Å²) in [6, 6.07) is 0. The third-order valence-electron chi connectivity index (χ3n) is 3.25. The number of rotatable bonds is 6. The van der Waals surface area contributed by atoms with Crippen molar-refractivity contribution in [3.63, 3.8) is 0 Å². The second-order valence-corrected chi connectivity index (χ2v) is 4.52. The normalized spacial score (nSPS) is 17.3. The Kier molecular flexibility index (Phi) is 4.31. The molecule has 1 aromatic rings. The molecule has 0 bridgehead atoms. The van der Waals surface area contributed by atoms with Crippen molar-refractivity contribution < 1.29 is 14.3 Å². The van der Waals surface area contributed by atoms with Gasteiger partial charge < -0.3 is 9.30 Å². The van der Waals surface area contributed by atoms with Gasteiger partial charge in [0.15, 0.2) is 0 Å². The first-order valence-corrected chi connectivity index (χ1v) is 6.59. The maximum Gasteiger partial charge on any atom is 0.229 e. The highest BCUT2D eigenvalue weighted by molar-refractivity contribution is 6.01. The van der Waals surface area contributed by atoms with Crippen LogP contribution in [0.15, 0.2) is 12.4 Å². The van der Waals surface area contributed by atoms with E-state index < -0.39 is 0 Å². The number of imidazole rings is 1. The minimum atomic E-state index is -0.0926. The monoisotopic (exact) mass is 265 g/mol. The third-order valence-corrected chi connectivity index (χ3v) is 3.25. The van der Waals surface area contributed by atoms with Crippen molar-refractivity contribution >= 4 is 11.8 Å². The summed E-state index contributed by atoms with van der Waals surface area (Å²) in [6.45, 7) is 5.46. The van der Waals surface area contributed by atoms with Crippen LogP contribution in [0.2, 0.25) is 0 Å². The van der Waals surface area contributed by atoms with E-state index in [1.807, 2.05) is 24.6 Å². The predicted octanol–water partition coefficient (Wildman–Crippen LogP) is 1.13. The lowest BCUT2D eigenvalue weighted by atomic mass is 10.3. The number of hydrogen-bond donors (Lipinski definition) is 0. The number of carbonyl (C=O) groups is 2. The van der Waals surface area contributed by atoms with Gasteiger partial charge >= 0.3 is 0 Å². The zero-order valence-electron chi connectivity index (χ0n) is 11.3. The van der Waals surface area contributed by atoms with Crippen molar-refractivity contribution in [2.45, 2.75) is 39.3 Å². The number of carbonyl (C=O) groups excluding carboxylic acids is 2. The van der Waals surface area contributed by atoms with E-state index in [0.717, 1.165) is 5.82 Å². The molecule has 0 aliphatic carbocycles. The minimum absolute atomic E-state index is 0.0791. The van der Waals surface area contributed by atoms with Crippen LogP contribution < -0.4 is 0 Å². The average molecular weight is 265 g/mol. The van der Waals surface area contributed by atoms with Gasteiger partial charge in [0.25, 0.3) is 0 Å². The van der Waals surface area contributed by atoms with E-state index >= 15 is 0 Å². The predicted molar refractivity (Wildman–Crippen MR) is 68.2 cm³/mol. The zero-order chi connectivity index (χ0) is 13.8. The summed E-state index contributed by atoms with van der Waals surface area (Å²) in [7, 11) is 0. The molecule has 1 aromatic heterocycles. The molecule has 104 valence electrons. The number of amides is 2. The van der Waals surface area contributed by atoms with E-state index in [2.05, 4.69) is 4.98 Å². The summed E-state index contributed by atoms with van der Waals surface area (Å²) in [5.74, 6) is 0.662. The van der Waals surface area contributed by atoms with Crippen LogP contribution in [-0.2, 0) is 20.9 Å². The molecule has 1 aliphatic rings. The van der Waals surface area contributed by atoms with E-state index in [4.69, 9.17) is 4.74 Å². The van der Waals surface area contributed by atoms with E-state index in [1.54, 1.807) is 6.20 Å². The fourth-order valence-electron chi connectivity index (χ4n) is 2.27. The Morgan fingerprint density at radius 2 is 2.00 bits per heavy atom. The van der Waals surface area contributed by atoms with Gasteiger partial charge in [0.1, 0.15) is 11.9 Å². The molecule has 0 radical (unpaired) electrons. The second-order valence-electron chi connectivity index (χ2n) is 4.52. The van der Waals surface area contributed by atoms with E-state index in [9.17, 15) is 9.59 Å². The Morgan fingerprint density at radius 3 is 2.63 bits per heavy atom.